The summed E-state index contributed by atoms with van der Waals surface area (Å²) in [6.45, 7) is 7.97. The van der Waals surface area contributed by atoms with Gasteiger partial charge in [0.05, 0.1) is 10.8 Å². The van der Waals surface area contributed by atoms with Gasteiger partial charge in [-0.25, -0.2) is 0 Å². The molecule has 0 atom stereocenters. The van der Waals surface area contributed by atoms with Crippen LogP contribution >= 0.6 is 0 Å². The average molecular weight is 376 g/mol. The van der Waals surface area contributed by atoms with Gasteiger partial charge in [0.15, 0.2) is 0 Å². The minimum atomic E-state index is 0.0330. The zero-order valence-corrected chi connectivity index (χ0v) is 16.5. The topological polar surface area (TPSA) is 69.8 Å². The first-order chi connectivity index (χ1) is 13.4. The number of hydrogen-bond donors (Lipinski definition) is 0. The molecule has 6 nitrogen and oxygen atoms in total. The SMILES string of the molecule is CC(C)n1ccc2ccncc2c1=O.CC(C)n1ccc2cnccc2c1=O. The lowest BCUT2D eigenvalue weighted by Crippen LogP contribution is -2.21. The molecular weight excluding hydrogens is 352 g/mol. The molecule has 0 bridgehead atoms. The molecule has 4 heterocycles. The number of nitrogens with zero attached hydrogens (tertiary/aromatic N) is 4. The van der Waals surface area contributed by atoms with Gasteiger partial charge < -0.3 is 9.13 Å². The van der Waals surface area contributed by atoms with Crippen molar-refractivity contribution >= 4 is 21.5 Å². The molecular formula is C22H24N4O2. The second-order valence-electron chi connectivity index (χ2n) is 7.17. The maximum absolute atomic E-state index is 11.9. The molecule has 6 heteroatoms. The number of aromatic nitrogens is 4. The van der Waals surface area contributed by atoms with Crippen molar-refractivity contribution in [3.8, 4) is 0 Å². The van der Waals surface area contributed by atoms with E-state index in [1.807, 2.05) is 58.3 Å². The zero-order chi connectivity index (χ0) is 20.3. The van der Waals surface area contributed by atoms with Crippen LogP contribution in [0.3, 0.4) is 0 Å². The van der Waals surface area contributed by atoms with E-state index in [1.165, 1.54) is 0 Å². The highest BCUT2D eigenvalue weighted by Crippen LogP contribution is 2.10. The van der Waals surface area contributed by atoms with E-state index < -0.39 is 0 Å². The van der Waals surface area contributed by atoms with Gasteiger partial charge >= 0.3 is 0 Å². The van der Waals surface area contributed by atoms with Crippen LogP contribution in [-0.4, -0.2) is 19.1 Å². The third-order valence-corrected chi connectivity index (χ3v) is 4.58. The first kappa shape index (κ1) is 19.5. The molecule has 144 valence electrons. The Morgan fingerprint density at radius 2 is 1.21 bits per heavy atom. The minimum absolute atomic E-state index is 0.0330. The summed E-state index contributed by atoms with van der Waals surface area (Å²) in [5.74, 6) is 0. The standard InChI is InChI=1S/2C11H12N2O/c1-8(2)13-6-4-9-7-12-5-3-10(9)11(13)14;1-8(2)13-6-4-9-3-5-12-7-10(9)11(13)14/h2*3-8H,1-2H3. The quantitative estimate of drug-likeness (QED) is 0.531. The van der Waals surface area contributed by atoms with Crippen molar-refractivity contribution in [1.29, 1.82) is 0 Å². The number of fused-ring (bicyclic) bond motifs is 2. The lowest BCUT2D eigenvalue weighted by atomic mass is 10.2. The van der Waals surface area contributed by atoms with Crippen molar-refractivity contribution in [1.82, 2.24) is 19.1 Å². The summed E-state index contributed by atoms with van der Waals surface area (Å²) < 4.78 is 3.44. The van der Waals surface area contributed by atoms with Crippen LogP contribution in [0.4, 0.5) is 0 Å². The molecule has 0 unspecified atom stereocenters. The van der Waals surface area contributed by atoms with E-state index in [0.717, 1.165) is 16.2 Å². The third-order valence-electron chi connectivity index (χ3n) is 4.58. The molecule has 0 amide bonds. The molecule has 0 spiro atoms. The van der Waals surface area contributed by atoms with Gasteiger partial charge in [-0.2, -0.15) is 0 Å². The third kappa shape index (κ3) is 3.86. The fraction of sp³-hybridized carbons (Fsp3) is 0.273. The van der Waals surface area contributed by atoms with Crippen LogP contribution in [0.2, 0.25) is 0 Å². The highest BCUT2D eigenvalue weighted by atomic mass is 16.1. The highest BCUT2D eigenvalue weighted by molar-refractivity contribution is 5.80. The summed E-state index contributed by atoms with van der Waals surface area (Å²) in [5, 5.41) is 3.26. The fourth-order valence-electron chi connectivity index (χ4n) is 3.01. The predicted octanol–water partition coefficient (Wildman–Crippen LogP) is 3.95. The molecule has 0 aliphatic carbocycles. The van der Waals surface area contributed by atoms with E-state index in [1.54, 1.807) is 40.0 Å². The predicted molar refractivity (Wildman–Crippen MR) is 113 cm³/mol. The Morgan fingerprint density at radius 1 is 0.679 bits per heavy atom. The van der Waals surface area contributed by atoms with E-state index >= 15 is 0 Å². The Hall–Kier alpha value is -3.28. The van der Waals surface area contributed by atoms with Gasteiger partial charge in [0.25, 0.3) is 11.1 Å². The van der Waals surface area contributed by atoms with Gasteiger partial charge in [0.1, 0.15) is 0 Å². The number of rotatable bonds is 2. The van der Waals surface area contributed by atoms with Gasteiger partial charge in [0, 0.05) is 54.7 Å². The molecule has 0 aliphatic rings. The normalized spacial score (nSPS) is 11.1. The summed E-state index contributed by atoms with van der Waals surface area (Å²) >= 11 is 0. The summed E-state index contributed by atoms with van der Waals surface area (Å²) in [6.07, 6.45) is 10.3. The number of pyridine rings is 4. The molecule has 0 fully saturated rings. The highest BCUT2D eigenvalue weighted by Gasteiger charge is 2.05. The first-order valence-corrected chi connectivity index (χ1v) is 9.30. The van der Waals surface area contributed by atoms with E-state index in [9.17, 15) is 9.59 Å². The summed E-state index contributed by atoms with van der Waals surface area (Å²) in [7, 11) is 0. The largest absolute Gasteiger partial charge is 0.312 e. The van der Waals surface area contributed by atoms with Gasteiger partial charge in [0.2, 0.25) is 0 Å². The van der Waals surface area contributed by atoms with Crippen molar-refractivity contribution < 1.29 is 0 Å². The van der Waals surface area contributed by atoms with E-state index in [4.69, 9.17) is 0 Å². The van der Waals surface area contributed by atoms with Crippen molar-refractivity contribution in [2.24, 2.45) is 0 Å². The summed E-state index contributed by atoms with van der Waals surface area (Å²) in [5.41, 5.74) is 0.0884. The van der Waals surface area contributed by atoms with Crippen molar-refractivity contribution in [3.63, 3.8) is 0 Å². The molecule has 28 heavy (non-hydrogen) atoms. The van der Waals surface area contributed by atoms with E-state index in [2.05, 4.69) is 9.97 Å². The lowest BCUT2D eigenvalue weighted by molar-refractivity contribution is 0.582. The molecule has 4 aromatic heterocycles. The average Bonchev–Trinajstić information content (AvgIpc) is 2.69. The molecule has 0 aliphatic heterocycles. The van der Waals surface area contributed by atoms with Crippen molar-refractivity contribution in [2.45, 2.75) is 39.8 Å². The molecule has 0 radical (unpaired) electrons. The summed E-state index contributed by atoms with van der Waals surface area (Å²) in [4.78, 5) is 31.7. The van der Waals surface area contributed by atoms with Crippen LogP contribution < -0.4 is 11.1 Å². The Morgan fingerprint density at radius 3 is 1.86 bits per heavy atom. The van der Waals surface area contributed by atoms with E-state index in [0.29, 0.717) is 5.39 Å². The Kier molecular flexibility index (Phi) is 5.68. The van der Waals surface area contributed by atoms with Crippen LogP contribution in [0.25, 0.3) is 21.5 Å². The molecule has 4 aromatic rings. The summed E-state index contributed by atoms with van der Waals surface area (Å²) in [6, 6.07) is 7.85. The molecule has 0 N–H and O–H groups in total. The smallest absolute Gasteiger partial charge is 0.260 e. The van der Waals surface area contributed by atoms with Crippen LogP contribution in [0.1, 0.15) is 39.8 Å². The van der Waals surface area contributed by atoms with Gasteiger partial charge in [-0.05, 0) is 57.3 Å². The maximum Gasteiger partial charge on any atom is 0.260 e. The fourth-order valence-corrected chi connectivity index (χ4v) is 3.01. The van der Waals surface area contributed by atoms with Gasteiger partial charge in [-0.3, -0.25) is 19.6 Å². The second-order valence-corrected chi connectivity index (χ2v) is 7.17. The first-order valence-electron chi connectivity index (χ1n) is 9.30. The minimum Gasteiger partial charge on any atom is -0.312 e. The lowest BCUT2D eigenvalue weighted by Gasteiger charge is -2.09. The zero-order valence-electron chi connectivity index (χ0n) is 16.5. The number of hydrogen-bond acceptors (Lipinski definition) is 4. The van der Waals surface area contributed by atoms with Gasteiger partial charge in [-0.15, -0.1) is 0 Å². The van der Waals surface area contributed by atoms with Crippen LogP contribution in [0.5, 0.6) is 0 Å². The maximum atomic E-state index is 11.9. The van der Waals surface area contributed by atoms with Crippen molar-refractivity contribution in [2.75, 3.05) is 0 Å². The Bertz CT molecular complexity index is 1130. The monoisotopic (exact) mass is 376 g/mol. The molecule has 0 saturated carbocycles. The molecule has 4 rings (SSSR count). The van der Waals surface area contributed by atoms with Crippen LogP contribution in [0, 0.1) is 0 Å². The Labute approximate surface area is 163 Å². The van der Waals surface area contributed by atoms with Crippen LogP contribution in [0.15, 0.2) is 71.0 Å². The van der Waals surface area contributed by atoms with Gasteiger partial charge in [-0.1, -0.05) is 0 Å². The van der Waals surface area contributed by atoms with E-state index in [-0.39, 0.29) is 23.2 Å². The second kappa shape index (κ2) is 8.17. The Balaban J connectivity index is 0.000000161. The molecule has 0 aromatic carbocycles. The van der Waals surface area contributed by atoms with Crippen LogP contribution in [-0.2, 0) is 0 Å². The molecule has 0 saturated heterocycles. The van der Waals surface area contributed by atoms with Crippen molar-refractivity contribution in [3.05, 3.63) is 82.2 Å².